The first-order chi connectivity index (χ1) is 7.65. The molecule has 2 atom stereocenters. The highest BCUT2D eigenvalue weighted by atomic mass is 16.5. The molecule has 0 saturated heterocycles. The number of hydrogen-bond donors (Lipinski definition) is 1. The van der Waals surface area contributed by atoms with E-state index in [0.29, 0.717) is 19.1 Å². The van der Waals surface area contributed by atoms with Crippen LogP contribution in [0.15, 0.2) is 0 Å². The number of nitrogens with one attached hydrogen (secondary N) is 1. The highest BCUT2D eigenvalue weighted by molar-refractivity contribution is 5.81. The van der Waals surface area contributed by atoms with Gasteiger partial charge in [0.2, 0.25) is 5.91 Å². The van der Waals surface area contributed by atoms with Gasteiger partial charge in [0.1, 0.15) is 0 Å². The maximum Gasteiger partial charge on any atom is 0.307 e. The molecule has 0 bridgehead atoms. The minimum atomic E-state index is -0.224. The second kappa shape index (κ2) is 6.51. The van der Waals surface area contributed by atoms with Crippen molar-refractivity contribution in [3.8, 4) is 0 Å². The summed E-state index contributed by atoms with van der Waals surface area (Å²) >= 11 is 0. The molecule has 16 heavy (non-hydrogen) atoms. The van der Waals surface area contributed by atoms with Gasteiger partial charge in [0, 0.05) is 12.5 Å². The largest absolute Gasteiger partial charge is 0.466 e. The van der Waals surface area contributed by atoms with E-state index in [0.717, 1.165) is 19.3 Å². The van der Waals surface area contributed by atoms with Crippen LogP contribution in [0, 0.1) is 11.8 Å². The minimum absolute atomic E-state index is 0.0776. The average Bonchev–Trinajstić information content (AvgIpc) is 2.96. The third-order valence-corrected chi connectivity index (χ3v) is 2.84. The number of ether oxygens (including phenoxy) is 1. The Morgan fingerprint density at radius 3 is 2.69 bits per heavy atom. The molecule has 92 valence electrons. The van der Waals surface area contributed by atoms with E-state index in [1.54, 1.807) is 0 Å². The lowest BCUT2D eigenvalue weighted by molar-refractivity contribution is -0.143. The molecule has 1 amide bonds. The fourth-order valence-electron chi connectivity index (χ4n) is 1.51. The van der Waals surface area contributed by atoms with Crippen molar-refractivity contribution < 1.29 is 14.3 Å². The second-order valence-corrected chi connectivity index (χ2v) is 4.43. The first-order valence-electron chi connectivity index (χ1n) is 6.08. The summed E-state index contributed by atoms with van der Waals surface area (Å²) in [6.45, 7) is 4.99. The maximum absolute atomic E-state index is 11.4. The smallest absolute Gasteiger partial charge is 0.307 e. The molecule has 4 heteroatoms. The lowest BCUT2D eigenvalue weighted by atomic mass is 10.3. The van der Waals surface area contributed by atoms with Crippen LogP contribution in [0.3, 0.4) is 0 Å². The van der Waals surface area contributed by atoms with E-state index < -0.39 is 0 Å². The molecule has 0 aromatic rings. The Bertz CT molecular complexity index is 253. The zero-order chi connectivity index (χ0) is 12.0. The van der Waals surface area contributed by atoms with Gasteiger partial charge in [0.25, 0.3) is 0 Å². The summed E-state index contributed by atoms with van der Waals surface area (Å²) in [6.07, 6.45) is 3.17. The van der Waals surface area contributed by atoms with E-state index in [1.165, 1.54) is 0 Å². The summed E-state index contributed by atoms with van der Waals surface area (Å²) in [5.41, 5.74) is 0. The average molecular weight is 227 g/mol. The van der Waals surface area contributed by atoms with Crippen molar-refractivity contribution in [2.75, 3.05) is 13.2 Å². The number of carbonyl (C=O) groups excluding carboxylic acids is 2. The summed E-state index contributed by atoms with van der Waals surface area (Å²) in [4.78, 5) is 22.6. The van der Waals surface area contributed by atoms with Gasteiger partial charge in [-0.2, -0.15) is 0 Å². The van der Waals surface area contributed by atoms with E-state index in [4.69, 9.17) is 4.74 Å². The number of hydrogen-bond acceptors (Lipinski definition) is 3. The van der Waals surface area contributed by atoms with Crippen LogP contribution in [-0.2, 0) is 14.3 Å². The predicted molar refractivity (Wildman–Crippen MR) is 60.8 cm³/mol. The Morgan fingerprint density at radius 2 is 2.12 bits per heavy atom. The normalized spacial score (nSPS) is 22.6. The Hall–Kier alpha value is -1.06. The van der Waals surface area contributed by atoms with Gasteiger partial charge in [-0.15, -0.1) is 0 Å². The number of amides is 1. The van der Waals surface area contributed by atoms with Gasteiger partial charge < -0.3 is 10.1 Å². The topological polar surface area (TPSA) is 55.4 Å². The number of esters is 1. The molecule has 1 aliphatic carbocycles. The molecule has 0 aromatic carbocycles. The van der Waals surface area contributed by atoms with Crippen LogP contribution in [0.1, 0.15) is 39.5 Å². The van der Waals surface area contributed by atoms with Crippen molar-refractivity contribution in [2.24, 2.45) is 11.8 Å². The molecular weight excluding hydrogens is 206 g/mol. The lowest BCUT2D eigenvalue weighted by Crippen LogP contribution is -2.28. The van der Waals surface area contributed by atoms with Crippen molar-refractivity contribution in [1.82, 2.24) is 5.32 Å². The molecule has 0 aromatic heterocycles. The number of rotatable bonds is 7. The van der Waals surface area contributed by atoms with Gasteiger partial charge in [-0.3, -0.25) is 9.59 Å². The van der Waals surface area contributed by atoms with Crippen LogP contribution in [0.25, 0.3) is 0 Å². The zero-order valence-corrected chi connectivity index (χ0v) is 10.1. The van der Waals surface area contributed by atoms with E-state index in [9.17, 15) is 9.59 Å². The van der Waals surface area contributed by atoms with Crippen molar-refractivity contribution in [3.05, 3.63) is 0 Å². The van der Waals surface area contributed by atoms with Gasteiger partial charge >= 0.3 is 5.97 Å². The molecule has 1 aliphatic rings. The van der Waals surface area contributed by atoms with Crippen molar-refractivity contribution >= 4 is 11.9 Å². The van der Waals surface area contributed by atoms with Crippen LogP contribution in [0.4, 0.5) is 0 Å². The second-order valence-electron chi connectivity index (χ2n) is 4.43. The van der Waals surface area contributed by atoms with Gasteiger partial charge in [-0.25, -0.2) is 0 Å². The first kappa shape index (κ1) is 13.0. The maximum atomic E-state index is 11.4. The quantitative estimate of drug-likeness (QED) is 0.529. The molecule has 1 rings (SSSR count). The van der Waals surface area contributed by atoms with Crippen molar-refractivity contribution in [3.63, 3.8) is 0 Å². The summed E-state index contributed by atoms with van der Waals surface area (Å²) in [5, 5.41) is 2.76. The molecule has 0 aliphatic heterocycles. The van der Waals surface area contributed by atoms with E-state index >= 15 is 0 Å². The standard InChI is InChI=1S/C12H21NO3/c1-3-4-7-16-11(14)5-6-13-12(15)10-8-9(10)2/h9-10H,3-8H2,1-2H3,(H,13,15). The molecule has 4 nitrogen and oxygen atoms in total. The van der Waals surface area contributed by atoms with Gasteiger partial charge in [-0.1, -0.05) is 20.3 Å². The molecule has 0 radical (unpaired) electrons. The fourth-order valence-corrected chi connectivity index (χ4v) is 1.51. The van der Waals surface area contributed by atoms with Crippen LogP contribution in [0.5, 0.6) is 0 Å². The van der Waals surface area contributed by atoms with Crippen LogP contribution in [-0.4, -0.2) is 25.0 Å². The van der Waals surface area contributed by atoms with Gasteiger partial charge in [-0.05, 0) is 18.8 Å². The first-order valence-corrected chi connectivity index (χ1v) is 6.08. The molecule has 0 heterocycles. The van der Waals surface area contributed by atoms with Crippen molar-refractivity contribution in [2.45, 2.75) is 39.5 Å². The highest BCUT2D eigenvalue weighted by Crippen LogP contribution is 2.37. The predicted octanol–water partition coefficient (Wildman–Crippen LogP) is 1.49. The Morgan fingerprint density at radius 1 is 1.44 bits per heavy atom. The molecule has 0 spiro atoms. The third-order valence-electron chi connectivity index (χ3n) is 2.84. The van der Waals surface area contributed by atoms with Crippen LogP contribution < -0.4 is 5.32 Å². The van der Waals surface area contributed by atoms with E-state index in [2.05, 4.69) is 12.2 Å². The van der Waals surface area contributed by atoms with Crippen LogP contribution >= 0.6 is 0 Å². The summed E-state index contributed by atoms with van der Waals surface area (Å²) in [5.74, 6) is 0.541. The number of carbonyl (C=O) groups is 2. The molecule has 1 saturated carbocycles. The van der Waals surface area contributed by atoms with E-state index in [1.807, 2.05) is 6.92 Å². The Labute approximate surface area is 96.7 Å². The van der Waals surface area contributed by atoms with E-state index in [-0.39, 0.29) is 24.2 Å². The van der Waals surface area contributed by atoms with Crippen molar-refractivity contribution in [1.29, 1.82) is 0 Å². The monoisotopic (exact) mass is 227 g/mol. The van der Waals surface area contributed by atoms with Crippen LogP contribution in [0.2, 0.25) is 0 Å². The number of unbranched alkanes of at least 4 members (excludes halogenated alkanes) is 1. The molecular formula is C12H21NO3. The summed E-state index contributed by atoms with van der Waals surface area (Å²) in [6, 6.07) is 0. The highest BCUT2D eigenvalue weighted by Gasteiger charge is 2.38. The SMILES string of the molecule is CCCCOC(=O)CCNC(=O)C1CC1C. The van der Waals surface area contributed by atoms with Gasteiger partial charge in [0.05, 0.1) is 13.0 Å². The lowest BCUT2D eigenvalue weighted by Gasteiger charge is -2.05. The third kappa shape index (κ3) is 4.64. The zero-order valence-electron chi connectivity index (χ0n) is 10.1. The summed E-state index contributed by atoms with van der Waals surface area (Å²) < 4.78 is 4.97. The van der Waals surface area contributed by atoms with Gasteiger partial charge in [0.15, 0.2) is 0 Å². The molecule has 1 fully saturated rings. The Kier molecular flexibility index (Phi) is 5.29. The summed E-state index contributed by atoms with van der Waals surface area (Å²) in [7, 11) is 0. The minimum Gasteiger partial charge on any atom is -0.466 e. The molecule has 2 unspecified atom stereocenters. The fraction of sp³-hybridized carbons (Fsp3) is 0.833. The Balaban J connectivity index is 1.97. The molecule has 1 N–H and O–H groups in total.